The molecule has 5 aromatic rings. The summed E-state index contributed by atoms with van der Waals surface area (Å²) >= 11 is 0. The van der Waals surface area contributed by atoms with Crippen molar-refractivity contribution in [3.8, 4) is 17.2 Å². The van der Waals surface area contributed by atoms with E-state index >= 15 is 0 Å². The van der Waals surface area contributed by atoms with Gasteiger partial charge in [-0.3, -0.25) is 0 Å². The number of hydrogen-bond donors (Lipinski definition) is 3. The number of H-pyrrole nitrogens is 3. The van der Waals surface area contributed by atoms with Crippen molar-refractivity contribution in [1.29, 1.82) is 0 Å². The van der Waals surface area contributed by atoms with Crippen LogP contribution in [0.25, 0.3) is 45.9 Å². The fraction of sp³-hybridized carbons (Fsp3) is 0.500. The van der Waals surface area contributed by atoms with Gasteiger partial charge in [0, 0.05) is 40.0 Å². The standard InChI is InChI=1S/C56H78N4O3.C4H5N/c1-4-7-10-13-16-19-22-25-34-61-54-37-44(38-55(62-35-26-23-20-17-14-11-8-5-2)56(54)63-36-27-24-21-18-15-12-9-6-3)52-42-51-41-49-31-30-47(58-49)39-45-28-29-46(57-45)40-48-32-33-50(59-48)43-53(52)60-51;1-2-4-5-3-1/h28-33,37-43,57-58H,4-27,34-36H2,1-3H3;1-5H. The first-order valence-corrected chi connectivity index (χ1v) is 26.8. The number of benzene rings is 1. The summed E-state index contributed by atoms with van der Waals surface area (Å²) in [7, 11) is 0. The summed E-state index contributed by atoms with van der Waals surface area (Å²) in [6.07, 6.45) is 40.2. The first kappa shape index (κ1) is 51.9. The number of rotatable bonds is 31. The minimum atomic E-state index is 0.645. The molecule has 7 rings (SSSR count). The Morgan fingerprint density at radius 2 is 0.824 bits per heavy atom. The molecule has 1 aromatic carbocycles. The predicted molar refractivity (Wildman–Crippen MR) is 288 cm³/mol. The molecular weight excluding hydrogens is 839 g/mol. The summed E-state index contributed by atoms with van der Waals surface area (Å²) in [5.41, 5.74) is 9.55. The fourth-order valence-corrected chi connectivity index (χ4v) is 8.86. The number of hydrogen-bond acceptors (Lipinski definition) is 5. The van der Waals surface area contributed by atoms with Crippen LogP contribution in [0.3, 0.4) is 0 Å². The van der Waals surface area contributed by atoms with Crippen LogP contribution in [0.5, 0.6) is 17.2 Å². The van der Waals surface area contributed by atoms with Crippen molar-refractivity contribution in [2.45, 2.75) is 175 Å². The quantitative estimate of drug-likeness (QED) is 0.0377. The van der Waals surface area contributed by atoms with Crippen molar-refractivity contribution in [3.05, 3.63) is 114 Å². The number of unbranched alkanes of at least 4 members (excludes halogenated alkanes) is 21. The maximum Gasteiger partial charge on any atom is 0.203 e. The zero-order valence-corrected chi connectivity index (χ0v) is 42.0. The molecule has 8 bridgehead atoms. The monoisotopic (exact) mass is 922 g/mol. The Balaban J connectivity index is 0.00000143. The highest BCUT2D eigenvalue weighted by Gasteiger charge is 2.21. The molecule has 2 aliphatic rings. The number of ether oxygens (including phenoxy) is 3. The fourth-order valence-electron chi connectivity index (χ4n) is 8.86. The smallest absolute Gasteiger partial charge is 0.203 e. The summed E-state index contributed by atoms with van der Waals surface area (Å²) in [4.78, 5) is 20.1. The number of aromatic amines is 3. The molecule has 0 aliphatic carbocycles. The SMILES string of the molecule is CCCCCCCCCCOc1cc(C2=Cc3cc4ccc(cc5ccc(cc6nc(cc2n3)C=C6)[nH]5)[nH]4)cc(OCCCCCCCCCC)c1OCCCCCCCCCC.c1cc[nH]c1. The van der Waals surface area contributed by atoms with Crippen LogP contribution in [-0.4, -0.2) is 44.7 Å². The van der Waals surface area contributed by atoms with Gasteiger partial charge in [-0.1, -0.05) is 156 Å². The van der Waals surface area contributed by atoms with Crippen molar-refractivity contribution in [2.75, 3.05) is 19.8 Å². The van der Waals surface area contributed by atoms with E-state index in [0.29, 0.717) is 19.8 Å². The molecule has 6 heterocycles. The topological polar surface area (TPSA) is 101 Å². The van der Waals surface area contributed by atoms with E-state index in [4.69, 9.17) is 24.2 Å². The normalized spacial score (nSPS) is 11.9. The Labute approximate surface area is 408 Å². The lowest BCUT2D eigenvalue weighted by molar-refractivity contribution is 0.234. The number of nitrogens with zero attached hydrogens (tertiary/aromatic N) is 2. The van der Waals surface area contributed by atoms with Crippen LogP contribution in [-0.2, 0) is 0 Å². The molecule has 0 spiro atoms. The third kappa shape index (κ3) is 18.5. The van der Waals surface area contributed by atoms with Crippen LogP contribution in [0.2, 0.25) is 0 Å². The molecule has 3 N–H and O–H groups in total. The van der Waals surface area contributed by atoms with Gasteiger partial charge in [-0.2, -0.15) is 0 Å². The van der Waals surface area contributed by atoms with Gasteiger partial charge in [-0.15, -0.1) is 0 Å². The van der Waals surface area contributed by atoms with Crippen LogP contribution in [0.1, 0.15) is 203 Å². The molecule has 68 heavy (non-hydrogen) atoms. The lowest BCUT2D eigenvalue weighted by Crippen LogP contribution is -2.07. The van der Waals surface area contributed by atoms with E-state index in [1.807, 2.05) is 24.5 Å². The van der Waals surface area contributed by atoms with Crippen LogP contribution in [0.15, 0.2) is 85.2 Å². The first-order valence-electron chi connectivity index (χ1n) is 26.8. The number of nitrogens with one attached hydrogen (secondary N) is 3. The van der Waals surface area contributed by atoms with E-state index in [1.165, 1.54) is 135 Å². The second-order valence-electron chi connectivity index (χ2n) is 18.7. The van der Waals surface area contributed by atoms with Crippen LogP contribution >= 0.6 is 0 Å². The third-order valence-corrected chi connectivity index (χ3v) is 12.7. The molecule has 0 radical (unpaired) electrons. The minimum Gasteiger partial charge on any atom is -0.490 e. The maximum atomic E-state index is 6.76. The second-order valence-corrected chi connectivity index (χ2v) is 18.7. The molecule has 8 nitrogen and oxygen atoms in total. The largest absolute Gasteiger partial charge is 0.490 e. The van der Waals surface area contributed by atoms with Crippen LogP contribution in [0.4, 0.5) is 0 Å². The number of aromatic nitrogens is 5. The lowest BCUT2D eigenvalue weighted by Gasteiger charge is -2.19. The molecule has 0 fully saturated rings. The summed E-state index contributed by atoms with van der Waals surface area (Å²) < 4.78 is 20.3. The summed E-state index contributed by atoms with van der Waals surface area (Å²) in [5.74, 6) is 2.26. The van der Waals surface area contributed by atoms with Gasteiger partial charge < -0.3 is 29.2 Å². The van der Waals surface area contributed by atoms with Gasteiger partial charge in [0.2, 0.25) is 5.75 Å². The minimum absolute atomic E-state index is 0.645. The van der Waals surface area contributed by atoms with Crippen LogP contribution < -0.4 is 14.2 Å². The summed E-state index contributed by atoms with van der Waals surface area (Å²) in [6, 6.07) is 25.0. The molecule has 0 amide bonds. The average Bonchev–Trinajstić information content (AvgIpc) is 4.22. The Morgan fingerprint density at radius 3 is 1.28 bits per heavy atom. The van der Waals surface area contributed by atoms with E-state index in [-0.39, 0.29) is 0 Å². The zero-order valence-electron chi connectivity index (χ0n) is 42.0. The van der Waals surface area contributed by atoms with E-state index in [0.717, 1.165) is 92.5 Å². The molecule has 0 unspecified atom stereocenters. The Kier molecular flexibility index (Phi) is 23.5. The zero-order chi connectivity index (χ0) is 47.3. The molecule has 366 valence electrons. The first-order chi connectivity index (χ1) is 33.6. The van der Waals surface area contributed by atoms with Gasteiger partial charge in [-0.05, 0) is 116 Å². The van der Waals surface area contributed by atoms with E-state index in [9.17, 15) is 0 Å². The van der Waals surface area contributed by atoms with Gasteiger partial charge in [0.1, 0.15) is 0 Å². The van der Waals surface area contributed by atoms with E-state index in [2.05, 4.69) is 115 Å². The Morgan fingerprint density at radius 1 is 0.412 bits per heavy atom. The van der Waals surface area contributed by atoms with Crippen molar-refractivity contribution in [3.63, 3.8) is 0 Å². The molecule has 2 aliphatic heterocycles. The maximum absolute atomic E-state index is 6.76. The average molecular weight is 922 g/mol. The third-order valence-electron chi connectivity index (χ3n) is 12.7. The van der Waals surface area contributed by atoms with Crippen molar-refractivity contribution >= 4 is 45.9 Å². The van der Waals surface area contributed by atoms with Gasteiger partial charge in [0.15, 0.2) is 11.5 Å². The Hall–Kier alpha value is -5.50. The summed E-state index contributed by atoms with van der Waals surface area (Å²) in [6.45, 7) is 8.78. The van der Waals surface area contributed by atoms with Gasteiger partial charge in [0.05, 0.1) is 42.6 Å². The second kappa shape index (κ2) is 30.8. The molecule has 0 saturated carbocycles. The van der Waals surface area contributed by atoms with Crippen LogP contribution in [0, 0.1) is 0 Å². The van der Waals surface area contributed by atoms with Crippen molar-refractivity contribution in [1.82, 2.24) is 24.9 Å². The van der Waals surface area contributed by atoms with E-state index in [1.54, 1.807) is 0 Å². The lowest BCUT2D eigenvalue weighted by atomic mass is 10.0. The van der Waals surface area contributed by atoms with Gasteiger partial charge in [-0.25, -0.2) is 9.97 Å². The van der Waals surface area contributed by atoms with Gasteiger partial charge >= 0.3 is 0 Å². The highest BCUT2D eigenvalue weighted by Crippen LogP contribution is 2.43. The number of fused-ring (bicyclic) bond motifs is 8. The Bertz CT molecular complexity index is 2330. The molecular formula is C60H83N5O3. The van der Waals surface area contributed by atoms with Gasteiger partial charge in [0.25, 0.3) is 0 Å². The van der Waals surface area contributed by atoms with Crippen molar-refractivity contribution in [2.24, 2.45) is 0 Å². The highest BCUT2D eigenvalue weighted by atomic mass is 16.5. The van der Waals surface area contributed by atoms with Crippen molar-refractivity contribution < 1.29 is 14.2 Å². The van der Waals surface area contributed by atoms with E-state index < -0.39 is 0 Å². The molecule has 0 saturated heterocycles. The molecule has 0 atom stereocenters. The summed E-state index contributed by atoms with van der Waals surface area (Å²) in [5, 5.41) is 0. The molecule has 4 aromatic heterocycles. The highest BCUT2D eigenvalue weighted by molar-refractivity contribution is 5.94. The molecule has 8 heteroatoms. The predicted octanol–water partition coefficient (Wildman–Crippen LogP) is 17.6.